The lowest BCUT2D eigenvalue weighted by Gasteiger charge is -2.27. The van der Waals surface area contributed by atoms with Crippen molar-refractivity contribution in [3.05, 3.63) is 54.1 Å². The first kappa shape index (κ1) is 19.6. The summed E-state index contributed by atoms with van der Waals surface area (Å²) in [5.41, 5.74) is 1.24. The summed E-state index contributed by atoms with van der Waals surface area (Å²) in [6.07, 6.45) is 1.99. The number of ether oxygens (including phenoxy) is 3. The van der Waals surface area contributed by atoms with E-state index in [-0.39, 0.29) is 18.1 Å². The van der Waals surface area contributed by atoms with E-state index in [2.05, 4.69) is 22.3 Å². The molecule has 2 aliphatic rings. The van der Waals surface area contributed by atoms with Crippen LogP contribution in [0.25, 0.3) is 0 Å². The van der Waals surface area contributed by atoms with Crippen molar-refractivity contribution in [2.24, 2.45) is 0 Å². The highest BCUT2D eigenvalue weighted by atomic mass is 16.6. The number of likely N-dealkylation sites (tertiary alicyclic amines) is 1. The van der Waals surface area contributed by atoms with Crippen molar-refractivity contribution in [1.29, 1.82) is 0 Å². The Bertz CT molecular complexity index is 824. The van der Waals surface area contributed by atoms with Crippen LogP contribution in [0.2, 0.25) is 0 Å². The van der Waals surface area contributed by atoms with E-state index in [9.17, 15) is 4.79 Å². The normalized spacial score (nSPS) is 21.0. The molecule has 0 aliphatic carbocycles. The number of hydrogen-bond acceptors (Lipinski definition) is 5. The highest BCUT2D eigenvalue weighted by molar-refractivity contribution is 5.78. The quantitative estimate of drug-likeness (QED) is 0.779. The number of rotatable bonds is 7. The molecule has 1 saturated heterocycles. The Labute approximate surface area is 171 Å². The first-order valence-electron chi connectivity index (χ1n) is 10.3. The second kappa shape index (κ2) is 9.18. The lowest BCUT2D eigenvalue weighted by atomic mass is 10.0. The van der Waals surface area contributed by atoms with Gasteiger partial charge in [-0.05, 0) is 56.1 Å². The van der Waals surface area contributed by atoms with Crippen LogP contribution < -0.4 is 19.5 Å². The third-order valence-electron chi connectivity index (χ3n) is 5.38. The fourth-order valence-corrected chi connectivity index (χ4v) is 3.98. The van der Waals surface area contributed by atoms with Gasteiger partial charge in [-0.1, -0.05) is 24.3 Å². The molecule has 0 aromatic heterocycles. The maximum Gasteiger partial charge on any atom is 0.234 e. The summed E-state index contributed by atoms with van der Waals surface area (Å²) >= 11 is 0. The Morgan fingerprint density at radius 3 is 2.76 bits per heavy atom. The van der Waals surface area contributed by atoms with E-state index in [1.165, 1.54) is 5.56 Å². The fourth-order valence-electron chi connectivity index (χ4n) is 3.98. The molecule has 0 spiro atoms. The van der Waals surface area contributed by atoms with Gasteiger partial charge in [0.25, 0.3) is 0 Å². The van der Waals surface area contributed by atoms with Gasteiger partial charge in [-0.15, -0.1) is 0 Å². The molecule has 29 heavy (non-hydrogen) atoms. The summed E-state index contributed by atoms with van der Waals surface area (Å²) in [5.74, 6) is 2.39. The average molecular weight is 396 g/mol. The molecule has 0 radical (unpaired) electrons. The van der Waals surface area contributed by atoms with E-state index < -0.39 is 0 Å². The second-order valence-electron chi connectivity index (χ2n) is 7.43. The van der Waals surface area contributed by atoms with Gasteiger partial charge in [0, 0.05) is 6.04 Å². The topological polar surface area (TPSA) is 60.0 Å². The van der Waals surface area contributed by atoms with Gasteiger partial charge in [0.15, 0.2) is 11.5 Å². The summed E-state index contributed by atoms with van der Waals surface area (Å²) in [7, 11) is 0. The highest BCUT2D eigenvalue weighted by Gasteiger charge is 2.28. The van der Waals surface area contributed by atoms with E-state index in [0.717, 1.165) is 36.6 Å². The van der Waals surface area contributed by atoms with E-state index >= 15 is 0 Å². The molecule has 1 N–H and O–H groups in total. The maximum atomic E-state index is 12.5. The van der Waals surface area contributed by atoms with Gasteiger partial charge in [-0.25, -0.2) is 0 Å². The number of hydrogen-bond donors (Lipinski definition) is 1. The van der Waals surface area contributed by atoms with Crippen molar-refractivity contribution in [2.45, 2.75) is 31.9 Å². The monoisotopic (exact) mass is 396 g/mol. The Balaban J connectivity index is 1.28. The first-order chi connectivity index (χ1) is 14.2. The predicted molar refractivity (Wildman–Crippen MR) is 111 cm³/mol. The molecule has 1 amide bonds. The second-order valence-corrected chi connectivity index (χ2v) is 7.43. The zero-order valence-corrected chi connectivity index (χ0v) is 16.8. The van der Waals surface area contributed by atoms with Crippen LogP contribution in [0.1, 0.15) is 31.4 Å². The third kappa shape index (κ3) is 4.82. The number of nitrogens with zero attached hydrogens (tertiary/aromatic N) is 1. The van der Waals surface area contributed by atoms with Crippen molar-refractivity contribution in [3.63, 3.8) is 0 Å². The van der Waals surface area contributed by atoms with Gasteiger partial charge < -0.3 is 19.5 Å². The number of fused-ring (bicyclic) bond motifs is 1. The minimum Gasteiger partial charge on any atom is -0.494 e. The SMILES string of the molecule is CCOc1ccc(C2CCCN2CC(=O)NCC2COc3ccccc3O2)cc1. The van der Waals surface area contributed by atoms with Crippen LogP contribution in [-0.2, 0) is 4.79 Å². The Hall–Kier alpha value is -2.73. The van der Waals surface area contributed by atoms with Crippen molar-refractivity contribution in [3.8, 4) is 17.2 Å². The molecule has 154 valence electrons. The van der Waals surface area contributed by atoms with E-state index in [4.69, 9.17) is 14.2 Å². The molecule has 2 atom stereocenters. The summed E-state index contributed by atoms with van der Waals surface area (Å²) in [6, 6.07) is 16.1. The molecule has 4 rings (SSSR count). The Morgan fingerprint density at radius 1 is 1.17 bits per heavy atom. The molecule has 2 aromatic rings. The average Bonchev–Trinajstić information content (AvgIpc) is 3.21. The zero-order valence-electron chi connectivity index (χ0n) is 16.8. The van der Waals surface area contributed by atoms with Crippen LogP contribution in [0.3, 0.4) is 0 Å². The van der Waals surface area contributed by atoms with Crippen molar-refractivity contribution < 1.29 is 19.0 Å². The van der Waals surface area contributed by atoms with Crippen molar-refractivity contribution in [1.82, 2.24) is 10.2 Å². The Kier molecular flexibility index (Phi) is 6.20. The fraction of sp³-hybridized carbons (Fsp3) is 0.435. The number of carbonyl (C=O) groups excluding carboxylic acids is 1. The van der Waals surface area contributed by atoms with E-state index in [1.807, 2.05) is 43.3 Å². The minimum atomic E-state index is -0.172. The maximum absolute atomic E-state index is 12.5. The molecule has 2 heterocycles. The molecule has 6 heteroatoms. The lowest BCUT2D eigenvalue weighted by Crippen LogP contribution is -2.44. The standard InChI is InChI=1S/C23H28N2O4/c1-2-27-18-11-9-17(10-12-18)20-6-5-13-25(20)15-23(26)24-14-19-16-28-21-7-3-4-8-22(21)29-19/h3-4,7-12,19-20H,2,5-6,13-16H2,1H3,(H,24,26). The van der Waals surface area contributed by atoms with Crippen LogP contribution in [0.4, 0.5) is 0 Å². The molecule has 2 unspecified atom stereocenters. The molecule has 0 bridgehead atoms. The third-order valence-corrected chi connectivity index (χ3v) is 5.38. The number of carbonyl (C=O) groups is 1. The summed E-state index contributed by atoms with van der Waals surface area (Å²) in [6.45, 7) is 4.85. The molecule has 6 nitrogen and oxygen atoms in total. The molecule has 2 aliphatic heterocycles. The van der Waals surface area contributed by atoms with Crippen molar-refractivity contribution >= 4 is 5.91 Å². The van der Waals surface area contributed by atoms with Gasteiger partial charge in [-0.3, -0.25) is 9.69 Å². The van der Waals surface area contributed by atoms with Gasteiger partial charge in [-0.2, -0.15) is 0 Å². The molecular weight excluding hydrogens is 368 g/mol. The van der Waals surface area contributed by atoms with Crippen LogP contribution in [0, 0.1) is 0 Å². The van der Waals surface area contributed by atoms with Crippen molar-refractivity contribution in [2.75, 3.05) is 32.8 Å². The smallest absolute Gasteiger partial charge is 0.234 e. The van der Waals surface area contributed by atoms with Gasteiger partial charge in [0.1, 0.15) is 18.5 Å². The highest BCUT2D eigenvalue weighted by Crippen LogP contribution is 2.33. The summed E-state index contributed by atoms with van der Waals surface area (Å²) in [5, 5.41) is 3.00. The molecule has 0 saturated carbocycles. The van der Waals surface area contributed by atoms with E-state index in [0.29, 0.717) is 26.3 Å². The number of amides is 1. The van der Waals surface area contributed by atoms with Crippen LogP contribution in [0.5, 0.6) is 17.2 Å². The van der Waals surface area contributed by atoms with Crippen LogP contribution >= 0.6 is 0 Å². The Morgan fingerprint density at radius 2 is 1.97 bits per heavy atom. The lowest BCUT2D eigenvalue weighted by molar-refractivity contribution is -0.123. The number of nitrogens with one attached hydrogen (secondary N) is 1. The van der Waals surface area contributed by atoms with Gasteiger partial charge in [0.05, 0.1) is 19.7 Å². The van der Waals surface area contributed by atoms with E-state index in [1.54, 1.807) is 0 Å². The number of benzene rings is 2. The molecular formula is C23H28N2O4. The zero-order chi connectivity index (χ0) is 20.1. The van der Waals surface area contributed by atoms with Gasteiger partial charge in [0.2, 0.25) is 5.91 Å². The molecule has 2 aromatic carbocycles. The summed E-state index contributed by atoms with van der Waals surface area (Å²) < 4.78 is 17.1. The first-order valence-corrected chi connectivity index (χ1v) is 10.3. The summed E-state index contributed by atoms with van der Waals surface area (Å²) in [4.78, 5) is 14.8. The predicted octanol–water partition coefficient (Wildman–Crippen LogP) is 3.18. The minimum absolute atomic E-state index is 0.0188. The molecule has 1 fully saturated rings. The van der Waals surface area contributed by atoms with Crippen LogP contribution in [-0.4, -0.2) is 49.8 Å². The van der Waals surface area contributed by atoms with Crippen LogP contribution in [0.15, 0.2) is 48.5 Å². The number of para-hydroxylation sites is 2. The largest absolute Gasteiger partial charge is 0.494 e. The van der Waals surface area contributed by atoms with Gasteiger partial charge >= 0.3 is 0 Å².